The van der Waals surface area contributed by atoms with Crippen molar-refractivity contribution in [1.82, 2.24) is 29.5 Å². The number of piperidine rings is 2. The molecule has 35 heavy (non-hydrogen) atoms. The molecule has 1 amide bonds. The van der Waals surface area contributed by atoms with E-state index in [1.807, 2.05) is 29.8 Å². The summed E-state index contributed by atoms with van der Waals surface area (Å²) in [6.45, 7) is 9.55. The molecular weight excluding hydrogens is 436 g/mol. The minimum Gasteiger partial charge on any atom is -0.338 e. The molecule has 5 heterocycles. The molecule has 184 valence electrons. The van der Waals surface area contributed by atoms with Gasteiger partial charge >= 0.3 is 0 Å². The molecule has 7 nitrogen and oxygen atoms in total. The summed E-state index contributed by atoms with van der Waals surface area (Å²) in [4.78, 5) is 28.2. The first-order valence-electron chi connectivity index (χ1n) is 13.4. The van der Waals surface area contributed by atoms with Gasteiger partial charge in [-0.25, -0.2) is 9.97 Å². The van der Waals surface area contributed by atoms with E-state index in [1.54, 1.807) is 6.20 Å². The molecule has 3 aromatic rings. The van der Waals surface area contributed by atoms with Gasteiger partial charge < -0.3 is 9.80 Å². The van der Waals surface area contributed by atoms with Gasteiger partial charge in [0, 0.05) is 37.4 Å². The van der Waals surface area contributed by atoms with Crippen molar-refractivity contribution in [3.8, 4) is 5.82 Å². The zero-order valence-electron chi connectivity index (χ0n) is 21.0. The van der Waals surface area contributed by atoms with Crippen LogP contribution in [0.1, 0.15) is 73.1 Å². The molecule has 2 aliphatic heterocycles. The Morgan fingerprint density at radius 2 is 1.91 bits per heavy atom. The van der Waals surface area contributed by atoms with Crippen molar-refractivity contribution in [3.63, 3.8) is 0 Å². The number of amides is 1. The number of carbonyl (C=O) groups is 1. The van der Waals surface area contributed by atoms with Gasteiger partial charge in [0.1, 0.15) is 0 Å². The lowest BCUT2D eigenvalue weighted by Crippen LogP contribution is -2.45. The van der Waals surface area contributed by atoms with Crippen molar-refractivity contribution < 1.29 is 4.79 Å². The van der Waals surface area contributed by atoms with E-state index in [-0.39, 0.29) is 5.91 Å². The van der Waals surface area contributed by atoms with Crippen LogP contribution in [-0.2, 0) is 0 Å². The number of rotatable bonds is 5. The molecule has 0 bridgehead atoms. The molecule has 7 heteroatoms. The maximum Gasteiger partial charge on any atom is 0.254 e. The van der Waals surface area contributed by atoms with E-state index in [9.17, 15) is 4.79 Å². The Balaban J connectivity index is 1.30. The molecule has 0 aromatic carbocycles. The number of fused-ring (bicyclic) bond motifs is 1. The van der Waals surface area contributed by atoms with Gasteiger partial charge in [-0.05, 0) is 88.6 Å². The van der Waals surface area contributed by atoms with Crippen LogP contribution >= 0.6 is 0 Å². The number of likely N-dealkylation sites (tertiary alicyclic amines) is 2. The summed E-state index contributed by atoms with van der Waals surface area (Å²) in [6, 6.07) is 7.86. The van der Waals surface area contributed by atoms with E-state index in [0.29, 0.717) is 11.8 Å². The topological polar surface area (TPSA) is 67.2 Å². The molecule has 1 atom stereocenters. The number of nitrogens with zero attached hydrogens (tertiary/aromatic N) is 6. The van der Waals surface area contributed by atoms with E-state index in [2.05, 4.69) is 27.8 Å². The Hall–Kier alpha value is -2.80. The smallest absolute Gasteiger partial charge is 0.254 e. The minimum atomic E-state index is 0.139. The van der Waals surface area contributed by atoms with Gasteiger partial charge in [-0.1, -0.05) is 13.0 Å². The Morgan fingerprint density at radius 1 is 1.09 bits per heavy atom. The molecule has 0 N–H and O–H groups in total. The standard InChI is InChI=1S/C28H36N6O/c1-19-10-14-32(15-11-19)17-21-6-5-13-33(18-21)28(35)23-16-24(22-8-9-22)30-27-26(23)20(2)31-34(27)25-7-3-4-12-29-25/h3-4,7,12,16,19,21-22H,5-6,8-11,13-15,17-18H2,1-2H3. The normalized spacial score (nSPS) is 22.1. The second-order valence-corrected chi connectivity index (χ2v) is 11.0. The highest BCUT2D eigenvalue weighted by molar-refractivity contribution is 6.06. The first kappa shape index (κ1) is 22.7. The summed E-state index contributed by atoms with van der Waals surface area (Å²) in [5.41, 5.74) is 3.38. The van der Waals surface area contributed by atoms with Gasteiger partial charge in [0.2, 0.25) is 0 Å². The third-order valence-electron chi connectivity index (χ3n) is 8.12. The van der Waals surface area contributed by atoms with Crippen LogP contribution in [0.2, 0.25) is 0 Å². The van der Waals surface area contributed by atoms with Gasteiger partial charge in [0.15, 0.2) is 11.5 Å². The average Bonchev–Trinajstić information content (AvgIpc) is 3.69. The summed E-state index contributed by atoms with van der Waals surface area (Å²) >= 11 is 0. The van der Waals surface area contributed by atoms with Crippen molar-refractivity contribution >= 4 is 16.9 Å². The van der Waals surface area contributed by atoms with Crippen molar-refractivity contribution in [3.05, 3.63) is 47.4 Å². The summed E-state index contributed by atoms with van der Waals surface area (Å²) in [7, 11) is 0. The van der Waals surface area contributed by atoms with Crippen LogP contribution in [0.3, 0.4) is 0 Å². The highest BCUT2D eigenvalue weighted by atomic mass is 16.2. The molecule has 1 aliphatic carbocycles. The highest BCUT2D eigenvalue weighted by Gasteiger charge is 2.32. The van der Waals surface area contributed by atoms with Crippen LogP contribution in [-0.4, -0.2) is 68.2 Å². The van der Waals surface area contributed by atoms with Crippen LogP contribution < -0.4 is 0 Å². The minimum absolute atomic E-state index is 0.139. The quantitative estimate of drug-likeness (QED) is 0.544. The summed E-state index contributed by atoms with van der Waals surface area (Å²) in [5.74, 6) is 2.73. The Labute approximate surface area is 207 Å². The average molecular weight is 473 g/mol. The highest BCUT2D eigenvalue weighted by Crippen LogP contribution is 2.41. The predicted octanol–water partition coefficient (Wildman–Crippen LogP) is 4.59. The predicted molar refractivity (Wildman–Crippen MR) is 137 cm³/mol. The van der Waals surface area contributed by atoms with Crippen LogP contribution in [0, 0.1) is 18.8 Å². The monoisotopic (exact) mass is 472 g/mol. The fourth-order valence-electron chi connectivity index (χ4n) is 5.88. The van der Waals surface area contributed by atoms with Crippen LogP contribution in [0.15, 0.2) is 30.5 Å². The van der Waals surface area contributed by atoms with Crippen molar-refractivity contribution in [2.45, 2.75) is 58.3 Å². The lowest BCUT2D eigenvalue weighted by atomic mass is 9.94. The third-order valence-corrected chi connectivity index (χ3v) is 8.12. The lowest BCUT2D eigenvalue weighted by molar-refractivity contribution is 0.0624. The van der Waals surface area contributed by atoms with Crippen molar-refractivity contribution in [2.75, 3.05) is 32.7 Å². The first-order valence-corrected chi connectivity index (χ1v) is 13.4. The van der Waals surface area contributed by atoms with E-state index in [0.717, 1.165) is 78.6 Å². The van der Waals surface area contributed by atoms with Crippen LogP contribution in [0.25, 0.3) is 16.9 Å². The maximum atomic E-state index is 14.0. The van der Waals surface area contributed by atoms with Crippen molar-refractivity contribution in [1.29, 1.82) is 0 Å². The number of carbonyl (C=O) groups excluding carboxylic acids is 1. The van der Waals surface area contributed by atoms with Crippen LogP contribution in [0.4, 0.5) is 0 Å². The molecular formula is C28H36N6O. The van der Waals surface area contributed by atoms with E-state index in [1.165, 1.54) is 32.4 Å². The zero-order valence-corrected chi connectivity index (χ0v) is 21.0. The van der Waals surface area contributed by atoms with E-state index in [4.69, 9.17) is 10.1 Å². The first-order chi connectivity index (χ1) is 17.1. The zero-order chi connectivity index (χ0) is 23.9. The number of hydrogen-bond acceptors (Lipinski definition) is 5. The summed E-state index contributed by atoms with van der Waals surface area (Å²) < 4.78 is 1.81. The lowest BCUT2D eigenvalue weighted by Gasteiger charge is -2.38. The largest absolute Gasteiger partial charge is 0.338 e. The van der Waals surface area contributed by atoms with Gasteiger partial charge in [0.05, 0.1) is 16.6 Å². The molecule has 3 aromatic heterocycles. The van der Waals surface area contributed by atoms with E-state index >= 15 is 0 Å². The second kappa shape index (κ2) is 9.34. The van der Waals surface area contributed by atoms with Gasteiger partial charge in [0.25, 0.3) is 5.91 Å². The third kappa shape index (κ3) is 4.58. The van der Waals surface area contributed by atoms with Gasteiger partial charge in [-0.15, -0.1) is 0 Å². The molecule has 3 fully saturated rings. The maximum absolute atomic E-state index is 14.0. The second-order valence-electron chi connectivity index (χ2n) is 11.0. The van der Waals surface area contributed by atoms with Gasteiger partial charge in [-0.2, -0.15) is 9.78 Å². The molecule has 1 unspecified atom stereocenters. The SMILES string of the molecule is Cc1nn(-c2ccccn2)c2nc(C3CC3)cc(C(=O)N3CCCC(CN4CCC(C)CC4)C3)c12. The number of pyridine rings is 2. The molecule has 0 radical (unpaired) electrons. The fraction of sp³-hybridized carbons (Fsp3) is 0.571. The summed E-state index contributed by atoms with van der Waals surface area (Å²) in [6.07, 6.45) is 8.95. The van der Waals surface area contributed by atoms with Gasteiger partial charge in [-0.3, -0.25) is 4.79 Å². The number of aromatic nitrogens is 4. The van der Waals surface area contributed by atoms with Crippen LogP contribution in [0.5, 0.6) is 0 Å². The molecule has 1 saturated carbocycles. The fourth-order valence-corrected chi connectivity index (χ4v) is 5.88. The van der Waals surface area contributed by atoms with E-state index < -0.39 is 0 Å². The molecule has 6 rings (SSSR count). The number of aryl methyl sites for hydroxylation is 1. The number of hydrogen-bond donors (Lipinski definition) is 0. The Morgan fingerprint density at radius 3 is 2.66 bits per heavy atom. The Bertz CT molecular complexity index is 1210. The molecule has 2 saturated heterocycles. The summed E-state index contributed by atoms with van der Waals surface area (Å²) in [5, 5.41) is 5.65. The molecule has 3 aliphatic rings. The molecule has 0 spiro atoms. The van der Waals surface area contributed by atoms with Crippen molar-refractivity contribution in [2.24, 2.45) is 11.8 Å². The Kier molecular flexibility index (Phi) is 6.04.